The fourth-order valence-corrected chi connectivity index (χ4v) is 7.53. The molecule has 0 bridgehead atoms. The zero-order valence-corrected chi connectivity index (χ0v) is 22.5. The zero-order valence-electron chi connectivity index (χ0n) is 20.8. The van der Waals surface area contributed by atoms with Crippen LogP contribution >= 0.6 is 11.3 Å². The first-order valence-electron chi connectivity index (χ1n) is 12.5. The Hall–Kier alpha value is -2.96. The monoisotopic (exact) mass is 545 g/mol. The third-order valence-corrected chi connectivity index (χ3v) is 9.76. The summed E-state index contributed by atoms with van der Waals surface area (Å²) in [6, 6.07) is 5.67. The van der Waals surface area contributed by atoms with Crippen molar-refractivity contribution in [3.8, 4) is 10.4 Å². The minimum absolute atomic E-state index is 0.0962. The Bertz CT molecular complexity index is 1330. The zero-order chi connectivity index (χ0) is 26.0. The van der Waals surface area contributed by atoms with Gasteiger partial charge in [0.05, 0.1) is 27.1 Å². The van der Waals surface area contributed by atoms with Crippen molar-refractivity contribution in [3.63, 3.8) is 0 Å². The van der Waals surface area contributed by atoms with Crippen LogP contribution in [0.1, 0.15) is 56.9 Å². The second kappa shape index (κ2) is 10.8. The summed E-state index contributed by atoms with van der Waals surface area (Å²) in [5.41, 5.74) is 1.22. The number of anilines is 2. The second-order valence-corrected chi connectivity index (χ2v) is 12.6. The van der Waals surface area contributed by atoms with Crippen molar-refractivity contribution in [1.29, 1.82) is 0 Å². The van der Waals surface area contributed by atoms with Crippen LogP contribution in [-0.2, 0) is 14.8 Å². The summed E-state index contributed by atoms with van der Waals surface area (Å²) in [6.07, 6.45) is 8.59. The minimum atomic E-state index is -3.66. The molecule has 2 aliphatic rings. The van der Waals surface area contributed by atoms with E-state index in [2.05, 4.69) is 20.6 Å². The largest absolute Gasteiger partial charge is 0.447 e. The van der Waals surface area contributed by atoms with Crippen LogP contribution in [-0.4, -0.2) is 54.0 Å². The van der Waals surface area contributed by atoms with E-state index >= 15 is 0 Å². The van der Waals surface area contributed by atoms with Crippen molar-refractivity contribution < 1.29 is 22.4 Å². The van der Waals surface area contributed by atoms with Crippen molar-refractivity contribution in [2.45, 2.75) is 68.9 Å². The summed E-state index contributed by atoms with van der Waals surface area (Å²) >= 11 is 1.54. The van der Waals surface area contributed by atoms with E-state index in [0.717, 1.165) is 42.0 Å². The highest BCUT2D eigenvalue weighted by Gasteiger charge is 2.33. The number of hydrogen-bond donors (Lipinski definition) is 2. The van der Waals surface area contributed by atoms with Crippen LogP contribution in [0.2, 0.25) is 0 Å². The maximum absolute atomic E-state index is 13.5. The third-order valence-electron chi connectivity index (χ3n) is 6.63. The van der Waals surface area contributed by atoms with Gasteiger partial charge in [0.25, 0.3) is 6.01 Å². The number of amides is 1. The first-order chi connectivity index (χ1) is 17.8. The summed E-state index contributed by atoms with van der Waals surface area (Å²) in [6.45, 7) is 4.71. The molecule has 2 aromatic heterocycles. The van der Waals surface area contributed by atoms with E-state index in [1.54, 1.807) is 12.3 Å². The summed E-state index contributed by atoms with van der Waals surface area (Å²) in [4.78, 5) is 21.7. The SMILES string of the molecule is CC(C)OC(=O)NC1CCC(c2ncc(-c3ccc(Nc4ncco4)cc3S(=O)(=O)N3CCC3)s2)CC1. The first-order valence-corrected chi connectivity index (χ1v) is 14.8. The molecule has 0 unspecified atom stereocenters. The van der Waals surface area contributed by atoms with E-state index in [0.29, 0.717) is 30.4 Å². The molecule has 37 heavy (non-hydrogen) atoms. The van der Waals surface area contributed by atoms with Crippen LogP contribution in [0.4, 0.5) is 16.5 Å². The number of alkyl carbamates (subject to hydrolysis) is 1. The lowest BCUT2D eigenvalue weighted by atomic mass is 9.86. The predicted octanol–water partition coefficient (Wildman–Crippen LogP) is 5.10. The molecule has 5 rings (SSSR count). The molecule has 1 amide bonds. The fourth-order valence-electron chi connectivity index (χ4n) is 4.59. The highest BCUT2D eigenvalue weighted by atomic mass is 32.2. The molecule has 3 aromatic rings. The average molecular weight is 546 g/mol. The Balaban J connectivity index is 1.34. The molecule has 1 saturated heterocycles. The molecule has 10 nitrogen and oxygen atoms in total. The molecule has 3 heterocycles. The highest BCUT2D eigenvalue weighted by molar-refractivity contribution is 7.89. The summed E-state index contributed by atoms with van der Waals surface area (Å²) in [5, 5.41) is 6.97. The van der Waals surface area contributed by atoms with E-state index < -0.39 is 10.0 Å². The fraction of sp³-hybridized carbons (Fsp3) is 0.480. The molecule has 0 atom stereocenters. The van der Waals surface area contributed by atoms with Gasteiger partial charge in [-0.1, -0.05) is 6.07 Å². The number of hydrogen-bond acceptors (Lipinski definition) is 9. The molecule has 1 aliphatic carbocycles. The maximum Gasteiger partial charge on any atom is 0.407 e. The van der Waals surface area contributed by atoms with Gasteiger partial charge < -0.3 is 19.8 Å². The van der Waals surface area contributed by atoms with Gasteiger partial charge in [-0.2, -0.15) is 4.31 Å². The van der Waals surface area contributed by atoms with Crippen molar-refractivity contribution in [2.24, 2.45) is 0 Å². The lowest BCUT2D eigenvalue weighted by Gasteiger charge is -2.30. The Morgan fingerprint density at radius 3 is 2.62 bits per heavy atom. The molecular weight excluding hydrogens is 514 g/mol. The van der Waals surface area contributed by atoms with Crippen molar-refractivity contribution in [1.82, 2.24) is 19.6 Å². The number of ether oxygens (including phenoxy) is 1. The third kappa shape index (κ3) is 5.81. The van der Waals surface area contributed by atoms with Gasteiger partial charge >= 0.3 is 6.09 Å². The molecule has 1 aliphatic heterocycles. The number of oxazole rings is 1. The van der Waals surface area contributed by atoms with Crippen LogP contribution in [0.5, 0.6) is 0 Å². The van der Waals surface area contributed by atoms with Crippen LogP contribution in [0.25, 0.3) is 10.4 Å². The minimum Gasteiger partial charge on any atom is -0.447 e. The first kappa shape index (κ1) is 25.7. The van der Waals surface area contributed by atoms with Crippen LogP contribution < -0.4 is 10.6 Å². The lowest BCUT2D eigenvalue weighted by Crippen LogP contribution is -2.42. The van der Waals surface area contributed by atoms with E-state index in [9.17, 15) is 13.2 Å². The summed E-state index contributed by atoms with van der Waals surface area (Å²) in [7, 11) is -3.66. The summed E-state index contributed by atoms with van der Waals surface area (Å²) in [5.74, 6) is 0.277. The summed E-state index contributed by atoms with van der Waals surface area (Å²) < 4.78 is 38.9. The van der Waals surface area contributed by atoms with Crippen LogP contribution in [0.3, 0.4) is 0 Å². The topological polar surface area (TPSA) is 127 Å². The van der Waals surface area contributed by atoms with E-state index in [1.807, 2.05) is 26.0 Å². The molecule has 1 aromatic carbocycles. The lowest BCUT2D eigenvalue weighted by molar-refractivity contribution is 0.109. The second-order valence-electron chi connectivity index (χ2n) is 9.64. The molecule has 2 N–H and O–H groups in total. The quantitative estimate of drug-likeness (QED) is 0.400. The Kier molecular flexibility index (Phi) is 7.50. The predicted molar refractivity (Wildman–Crippen MR) is 140 cm³/mol. The number of nitrogens with one attached hydrogen (secondary N) is 2. The number of thiazole rings is 1. The van der Waals surface area contributed by atoms with Gasteiger partial charge in [-0.15, -0.1) is 11.3 Å². The molecule has 0 radical (unpaired) electrons. The molecule has 1 saturated carbocycles. The average Bonchev–Trinajstić information content (AvgIpc) is 3.50. The van der Waals surface area contributed by atoms with Gasteiger partial charge in [-0.3, -0.25) is 0 Å². The number of carbonyl (C=O) groups excluding carboxylic acids is 1. The Morgan fingerprint density at radius 1 is 1.19 bits per heavy atom. The highest BCUT2D eigenvalue weighted by Crippen LogP contribution is 2.41. The van der Waals surface area contributed by atoms with E-state index in [1.165, 1.54) is 28.1 Å². The molecule has 198 valence electrons. The van der Waals surface area contributed by atoms with Crippen molar-refractivity contribution >= 4 is 39.2 Å². The van der Waals surface area contributed by atoms with E-state index in [4.69, 9.17) is 9.15 Å². The molecule has 12 heteroatoms. The number of benzene rings is 1. The van der Waals surface area contributed by atoms with E-state index in [-0.39, 0.29) is 29.1 Å². The van der Waals surface area contributed by atoms with Crippen LogP contribution in [0.15, 0.2) is 46.2 Å². The van der Waals surface area contributed by atoms with Gasteiger partial charge in [0.1, 0.15) is 6.26 Å². The maximum atomic E-state index is 13.5. The number of nitrogens with zero attached hydrogens (tertiary/aromatic N) is 3. The van der Waals surface area contributed by atoms with Gasteiger partial charge in [0.15, 0.2) is 0 Å². The molecule has 0 spiro atoms. The van der Waals surface area contributed by atoms with Gasteiger partial charge in [0.2, 0.25) is 10.0 Å². The number of rotatable bonds is 8. The van der Waals surface area contributed by atoms with Gasteiger partial charge in [0, 0.05) is 42.5 Å². The normalized spacial score (nSPS) is 20.4. The smallest absolute Gasteiger partial charge is 0.407 e. The standard InChI is InChI=1S/C25H31N5O5S2/c1-16(2)35-25(31)29-18-6-4-17(5-7-18)23-27-15-21(36-23)20-9-8-19(28-24-26-10-13-34-24)14-22(20)37(32,33)30-11-3-12-30/h8-10,13-18H,3-7,11-12H2,1-2H3,(H,26,28)(H,29,31). The van der Waals surface area contributed by atoms with Crippen molar-refractivity contribution in [2.75, 3.05) is 18.4 Å². The Labute approximate surface area is 220 Å². The number of sulfonamides is 1. The molecule has 2 fully saturated rings. The van der Waals surface area contributed by atoms with Crippen LogP contribution in [0, 0.1) is 0 Å². The van der Waals surface area contributed by atoms with Crippen molar-refractivity contribution in [3.05, 3.63) is 41.9 Å². The Morgan fingerprint density at radius 2 is 1.97 bits per heavy atom. The van der Waals surface area contributed by atoms with Gasteiger partial charge in [-0.25, -0.2) is 23.2 Å². The molecular formula is C25H31N5O5S2. The number of carbonyl (C=O) groups is 1. The van der Waals surface area contributed by atoms with Gasteiger partial charge in [-0.05, 0) is 58.1 Å². The number of aromatic nitrogens is 2.